The molecule has 16 heavy (non-hydrogen) atoms. The minimum absolute atomic E-state index is 0.674. The summed E-state index contributed by atoms with van der Waals surface area (Å²) in [6.45, 7) is 0. The topological polar surface area (TPSA) is 46.0 Å². The molecule has 0 fully saturated rings. The summed E-state index contributed by atoms with van der Waals surface area (Å²) in [4.78, 5) is 4.14. The van der Waals surface area contributed by atoms with Crippen molar-refractivity contribution in [2.45, 2.75) is 0 Å². The van der Waals surface area contributed by atoms with Crippen LogP contribution in [-0.4, -0.2) is 18.3 Å². The van der Waals surface area contributed by atoms with Crippen LogP contribution in [0, 0.1) is 5.41 Å². The zero-order chi connectivity index (χ0) is 11.4. The van der Waals surface area contributed by atoms with E-state index in [1.807, 2.05) is 36.4 Å². The molecule has 3 nitrogen and oxygen atoms in total. The first kappa shape index (κ1) is 10.4. The number of nitrogens with zero attached hydrogens (tertiary/aromatic N) is 1. The maximum absolute atomic E-state index is 7.30. The lowest BCUT2D eigenvalue weighted by Gasteiger charge is -2.05. The highest BCUT2D eigenvalue weighted by atomic mass is 16.5. The Bertz CT molecular complexity index is 492. The van der Waals surface area contributed by atoms with Gasteiger partial charge in [-0.05, 0) is 23.8 Å². The number of methoxy groups -OCH3 is 1. The molecule has 0 saturated carbocycles. The predicted octanol–water partition coefficient (Wildman–Crippen LogP) is 2.75. The molecule has 80 valence electrons. The monoisotopic (exact) mass is 212 g/mol. The third-order valence-corrected chi connectivity index (χ3v) is 2.38. The predicted molar refractivity (Wildman–Crippen MR) is 64.1 cm³/mol. The van der Waals surface area contributed by atoms with Gasteiger partial charge in [0.05, 0.1) is 12.8 Å². The molecule has 0 unspecified atom stereocenters. The van der Waals surface area contributed by atoms with E-state index < -0.39 is 0 Å². The summed E-state index contributed by atoms with van der Waals surface area (Å²) < 4.78 is 5.10. The fraction of sp³-hybridized carbons (Fsp3) is 0.0769. The lowest BCUT2D eigenvalue weighted by atomic mass is 10.0. The molecule has 1 aromatic heterocycles. The van der Waals surface area contributed by atoms with Crippen molar-refractivity contribution in [3.05, 3.63) is 48.3 Å². The Labute approximate surface area is 94.2 Å². The highest BCUT2D eigenvalue weighted by Gasteiger charge is 2.03. The van der Waals surface area contributed by atoms with Crippen LogP contribution in [0.3, 0.4) is 0 Å². The molecule has 0 atom stereocenters. The quantitative estimate of drug-likeness (QED) is 0.795. The molecule has 0 aliphatic carbocycles. The Morgan fingerprint density at radius 1 is 1.19 bits per heavy atom. The van der Waals surface area contributed by atoms with Gasteiger partial charge >= 0.3 is 0 Å². The normalized spacial score (nSPS) is 9.81. The third-order valence-electron chi connectivity index (χ3n) is 2.38. The van der Waals surface area contributed by atoms with Gasteiger partial charge in [0.15, 0.2) is 0 Å². The van der Waals surface area contributed by atoms with E-state index in [9.17, 15) is 0 Å². The molecule has 0 aliphatic rings. The molecule has 1 heterocycles. The Kier molecular flexibility index (Phi) is 2.96. The second-order valence-electron chi connectivity index (χ2n) is 3.31. The maximum Gasteiger partial charge on any atom is 0.118 e. The van der Waals surface area contributed by atoms with E-state index in [0.29, 0.717) is 5.69 Å². The highest BCUT2D eigenvalue weighted by Crippen LogP contribution is 2.23. The van der Waals surface area contributed by atoms with E-state index in [4.69, 9.17) is 10.1 Å². The fourth-order valence-electron chi connectivity index (χ4n) is 1.55. The standard InChI is InChI=1S/C13H12N2O/c1-16-11-6-4-10(5-7-11)12-3-2-8-15-13(12)9-14/h2-9,14H,1H3. The van der Waals surface area contributed by atoms with Crippen LogP contribution in [0.5, 0.6) is 5.75 Å². The lowest BCUT2D eigenvalue weighted by molar-refractivity contribution is 0.415. The number of ether oxygens (including phenoxy) is 1. The van der Waals surface area contributed by atoms with Crippen LogP contribution < -0.4 is 4.74 Å². The number of hydrogen-bond donors (Lipinski definition) is 1. The van der Waals surface area contributed by atoms with Gasteiger partial charge in [0.2, 0.25) is 0 Å². The zero-order valence-electron chi connectivity index (χ0n) is 8.97. The summed E-state index contributed by atoms with van der Waals surface area (Å²) in [6.07, 6.45) is 2.95. The molecule has 0 spiro atoms. The average molecular weight is 212 g/mol. The first-order valence-corrected chi connectivity index (χ1v) is 4.95. The van der Waals surface area contributed by atoms with Crippen LogP contribution in [0.1, 0.15) is 5.69 Å². The molecule has 0 saturated heterocycles. The molecule has 1 aromatic carbocycles. The highest BCUT2D eigenvalue weighted by molar-refractivity contribution is 5.86. The van der Waals surface area contributed by atoms with Crippen molar-refractivity contribution in [2.24, 2.45) is 0 Å². The van der Waals surface area contributed by atoms with Crippen molar-refractivity contribution >= 4 is 6.21 Å². The van der Waals surface area contributed by atoms with Crippen molar-refractivity contribution in [3.63, 3.8) is 0 Å². The van der Waals surface area contributed by atoms with Gasteiger partial charge in [-0.1, -0.05) is 18.2 Å². The molecule has 0 bridgehead atoms. The van der Waals surface area contributed by atoms with E-state index in [1.54, 1.807) is 13.3 Å². The molecule has 0 radical (unpaired) electrons. The number of rotatable bonds is 3. The van der Waals surface area contributed by atoms with Gasteiger partial charge in [0.1, 0.15) is 5.75 Å². The molecule has 2 aromatic rings. The van der Waals surface area contributed by atoms with Crippen LogP contribution in [0.4, 0.5) is 0 Å². The summed E-state index contributed by atoms with van der Waals surface area (Å²) >= 11 is 0. The molecular formula is C13H12N2O. The maximum atomic E-state index is 7.30. The van der Waals surface area contributed by atoms with Crippen LogP contribution in [0.2, 0.25) is 0 Å². The van der Waals surface area contributed by atoms with Gasteiger partial charge < -0.3 is 10.1 Å². The molecule has 2 rings (SSSR count). The lowest BCUT2D eigenvalue weighted by Crippen LogP contribution is -1.91. The summed E-state index contributed by atoms with van der Waals surface area (Å²) in [7, 11) is 1.64. The van der Waals surface area contributed by atoms with Crippen LogP contribution in [-0.2, 0) is 0 Å². The van der Waals surface area contributed by atoms with E-state index in [2.05, 4.69) is 4.98 Å². The van der Waals surface area contributed by atoms with Gasteiger partial charge in [-0.15, -0.1) is 0 Å². The minimum Gasteiger partial charge on any atom is -0.497 e. The van der Waals surface area contributed by atoms with Crippen molar-refractivity contribution in [1.29, 1.82) is 5.41 Å². The first-order chi connectivity index (χ1) is 7.85. The summed E-state index contributed by atoms with van der Waals surface area (Å²) in [6, 6.07) is 11.5. The van der Waals surface area contributed by atoms with Crippen LogP contribution in [0.25, 0.3) is 11.1 Å². The molecule has 0 amide bonds. The van der Waals surface area contributed by atoms with Crippen molar-refractivity contribution in [3.8, 4) is 16.9 Å². The van der Waals surface area contributed by atoms with Crippen molar-refractivity contribution < 1.29 is 4.74 Å². The molecular weight excluding hydrogens is 200 g/mol. The number of hydrogen-bond acceptors (Lipinski definition) is 3. The summed E-state index contributed by atoms with van der Waals surface area (Å²) in [5.74, 6) is 0.823. The van der Waals surface area contributed by atoms with Gasteiger partial charge in [-0.3, -0.25) is 4.98 Å². The van der Waals surface area contributed by atoms with Gasteiger partial charge in [-0.2, -0.15) is 0 Å². The average Bonchev–Trinajstić information content (AvgIpc) is 2.39. The SMILES string of the molecule is COc1ccc(-c2cccnc2C=N)cc1. The molecule has 0 aliphatic heterocycles. The van der Waals surface area contributed by atoms with Crippen LogP contribution >= 0.6 is 0 Å². The Morgan fingerprint density at radius 3 is 2.56 bits per heavy atom. The van der Waals surface area contributed by atoms with Gasteiger partial charge in [0.25, 0.3) is 0 Å². The largest absolute Gasteiger partial charge is 0.497 e. The fourth-order valence-corrected chi connectivity index (χ4v) is 1.55. The van der Waals surface area contributed by atoms with Gasteiger partial charge in [-0.25, -0.2) is 0 Å². The Hall–Kier alpha value is -2.16. The third kappa shape index (κ3) is 1.93. The molecule has 3 heteroatoms. The van der Waals surface area contributed by atoms with Crippen molar-refractivity contribution in [1.82, 2.24) is 4.98 Å². The number of aromatic nitrogens is 1. The Balaban J connectivity index is 2.46. The van der Waals surface area contributed by atoms with Crippen LogP contribution in [0.15, 0.2) is 42.6 Å². The first-order valence-electron chi connectivity index (χ1n) is 4.95. The Morgan fingerprint density at radius 2 is 1.94 bits per heavy atom. The number of benzene rings is 1. The zero-order valence-corrected chi connectivity index (χ0v) is 8.97. The van der Waals surface area contributed by atoms with E-state index in [1.165, 1.54) is 6.21 Å². The second-order valence-corrected chi connectivity index (χ2v) is 3.31. The minimum atomic E-state index is 0.674. The van der Waals surface area contributed by atoms with E-state index >= 15 is 0 Å². The number of pyridine rings is 1. The second kappa shape index (κ2) is 4.57. The smallest absolute Gasteiger partial charge is 0.118 e. The van der Waals surface area contributed by atoms with Gasteiger partial charge in [0, 0.05) is 18.0 Å². The van der Waals surface area contributed by atoms with Crippen molar-refractivity contribution in [2.75, 3.05) is 7.11 Å². The molecule has 1 N–H and O–H groups in total. The summed E-state index contributed by atoms with van der Waals surface area (Å²) in [5, 5.41) is 7.30. The van der Waals surface area contributed by atoms with E-state index in [-0.39, 0.29) is 0 Å². The number of nitrogens with one attached hydrogen (secondary N) is 1. The van der Waals surface area contributed by atoms with E-state index in [0.717, 1.165) is 16.9 Å². The summed E-state index contributed by atoms with van der Waals surface area (Å²) in [5.41, 5.74) is 2.67.